The number of benzene rings is 1. The summed E-state index contributed by atoms with van der Waals surface area (Å²) in [6.45, 7) is 4.00. The van der Waals surface area contributed by atoms with Crippen LogP contribution in [0.2, 0.25) is 0 Å². The van der Waals surface area contributed by atoms with Crippen molar-refractivity contribution in [2.45, 2.75) is 25.8 Å². The third-order valence-corrected chi connectivity index (χ3v) is 3.49. The molecular weight excluding hydrogens is 212 g/mol. The number of aromatic nitrogens is 1. The van der Waals surface area contributed by atoms with E-state index in [9.17, 15) is 0 Å². The fraction of sp³-hybridized carbons (Fsp3) is 0.429. The zero-order valence-corrected chi connectivity index (χ0v) is 10.1. The number of rotatable bonds is 3. The second-order valence-corrected chi connectivity index (χ2v) is 4.75. The van der Waals surface area contributed by atoms with Gasteiger partial charge in [-0.25, -0.2) is 0 Å². The van der Waals surface area contributed by atoms with E-state index in [0.717, 1.165) is 24.4 Å². The topological polar surface area (TPSA) is 37.0 Å². The molecule has 1 fully saturated rings. The third-order valence-electron chi connectivity index (χ3n) is 3.49. The van der Waals surface area contributed by atoms with Gasteiger partial charge in [0.05, 0.1) is 5.52 Å². The molecule has 3 heteroatoms. The Kier molecular flexibility index (Phi) is 2.77. The SMILES string of the molecule is Cc1c[nH]c2c(OCC3CCCN3)cccc12. The minimum atomic E-state index is 0.515. The highest BCUT2D eigenvalue weighted by molar-refractivity contribution is 5.88. The van der Waals surface area contributed by atoms with E-state index in [-0.39, 0.29) is 0 Å². The number of aryl methyl sites for hydroxylation is 1. The van der Waals surface area contributed by atoms with E-state index >= 15 is 0 Å². The largest absolute Gasteiger partial charge is 0.490 e. The van der Waals surface area contributed by atoms with Crippen molar-refractivity contribution in [3.8, 4) is 5.75 Å². The van der Waals surface area contributed by atoms with Crippen molar-refractivity contribution >= 4 is 10.9 Å². The summed E-state index contributed by atoms with van der Waals surface area (Å²) in [6.07, 6.45) is 4.52. The minimum absolute atomic E-state index is 0.515. The highest BCUT2D eigenvalue weighted by Gasteiger charge is 2.15. The summed E-state index contributed by atoms with van der Waals surface area (Å²) in [4.78, 5) is 3.29. The number of H-pyrrole nitrogens is 1. The van der Waals surface area contributed by atoms with Crippen LogP contribution in [0.4, 0.5) is 0 Å². The monoisotopic (exact) mass is 230 g/mol. The molecule has 0 saturated carbocycles. The van der Waals surface area contributed by atoms with Gasteiger partial charge in [0.25, 0.3) is 0 Å². The highest BCUT2D eigenvalue weighted by atomic mass is 16.5. The molecule has 2 heterocycles. The van der Waals surface area contributed by atoms with Crippen LogP contribution in [-0.4, -0.2) is 24.2 Å². The first-order valence-electron chi connectivity index (χ1n) is 6.27. The molecule has 90 valence electrons. The van der Waals surface area contributed by atoms with Gasteiger partial charge in [-0.15, -0.1) is 0 Å². The summed E-state index contributed by atoms with van der Waals surface area (Å²) < 4.78 is 5.92. The first-order chi connectivity index (χ1) is 8.34. The molecule has 0 spiro atoms. The lowest BCUT2D eigenvalue weighted by molar-refractivity contribution is 0.280. The number of para-hydroxylation sites is 1. The van der Waals surface area contributed by atoms with Gasteiger partial charge in [0, 0.05) is 17.6 Å². The maximum Gasteiger partial charge on any atom is 0.143 e. The molecule has 3 nitrogen and oxygen atoms in total. The summed E-state index contributed by atoms with van der Waals surface area (Å²) >= 11 is 0. The lowest BCUT2D eigenvalue weighted by Crippen LogP contribution is -2.28. The Bertz CT molecular complexity index is 512. The van der Waals surface area contributed by atoms with Gasteiger partial charge < -0.3 is 15.0 Å². The van der Waals surface area contributed by atoms with E-state index < -0.39 is 0 Å². The summed E-state index contributed by atoms with van der Waals surface area (Å²) in [5.41, 5.74) is 2.38. The Morgan fingerprint density at radius 2 is 2.35 bits per heavy atom. The van der Waals surface area contributed by atoms with Crippen molar-refractivity contribution in [2.24, 2.45) is 0 Å². The van der Waals surface area contributed by atoms with Crippen LogP contribution in [0.1, 0.15) is 18.4 Å². The molecule has 1 aliphatic heterocycles. The van der Waals surface area contributed by atoms with Gasteiger partial charge in [0.2, 0.25) is 0 Å². The number of hydrogen-bond acceptors (Lipinski definition) is 2. The second-order valence-electron chi connectivity index (χ2n) is 4.75. The van der Waals surface area contributed by atoms with E-state index in [1.165, 1.54) is 23.8 Å². The highest BCUT2D eigenvalue weighted by Crippen LogP contribution is 2.27. The number of fused-ring (bicyclic) bond motifs is 1. The Labute approximate surface area is 101 Å². The van der Waals surface area contributed by atoms with Crippen LogP contribution in [0.5, 0.6) is 5.75 Å². The first kappa shape index (κ1) is 10.7. The Morgan fingerprint density at radius 3 is 3.18 bits per heavy atom. The van der Waals surface area contributed by atoms with Crippen LogP contribution < -0.4 is 10.1 Å². The van der Waals surface area contributed by atoms with Crippen LogP contribution >= 0.6 is 0 Å². The molecule has 0 amide bonds. The van der Waals surface area contributed by atoms with Crippen molar-refractivity contribution in [1.29, 1.82) is 0 Å². The Hall–Kier alpha value is -1.48. The summed E-state index contributed by atoms with van der Waals surface area (Å²) in [5.74, 6) is 0.962. The normalized spacial score (nSPS) is 19.9. The Balaban J connectivity index is 1.79. The fourth-order valence-corrected chi connectivity index (χ4v) is 2.48. The van der Waals surface area contributed by atoms with Crippen LogP contribution in [0.15, 0.2) is 24.4 Å². The van der Waals surface area contributed by atoms with Gasteiger partial charge in [-0.1, -0.05) is 12.1 Å². The predicted octanol–water partition coefficient (Wildman–Crippen LogP) is 2.61. The lowest BCUT2D eigenvalue weighted by Gasteiger charge is -2.12. The van der Waals surface area contributed by atoms with E-state index in [2.05, 4.69) is 29.4 Å². The van der Waals surface area contributed by atoms with Gasteiger partial charge in [0.1, 0.15) is 12.4 Å². The lowest BCUT2D eigenvalue weighted by atomic mass is 10.2. The van der Waals surface area contributed by atoms with Crippen molar-refractivity contribution in [3.63, 3.8) is 0 Å². The van der Waals surface area contributed by atoms with Gasteiger partial charge in [-0.2, -0.15) is 0 Å². The van der Waals surface area contributed by atoms with Gasteiger partial charge in [-0.05, 0) is 37.9 Å². The second kappa shape index (κ2) is 4.41. The van der Waals surface area contributed by atoms with Crippen molar-refractivity contribution < 1.29 is 4.74 Å². The number of hydrogen-bond donors (Lipinski definition) is 2. The fourth-order valence-electron chi connectivity index (χ4n) is 2.48. The van der Waals surface area contributed by atoms with Gasteiger partial charge >= 0.3 is 0 Å². The smallest absolute Gasteiger partial charge is 0.143 e. The average Bonchev–Trinajstić information content (AvgIpc) is 2.97. The quantitative estimate of drug-likeness (QED) is 0.850. The van der Waals surface area contributed by atoms with Crippen molar-refractivity contribution in [1.82, 2.24) is 10.3 Å². The molecule has 2 aromatic rings. The van der Waals surface area contributed by atoms with Crippen molar-refractivity contribution in [3.05, 3.63) is 30.0 Å². The maximum atomic E-state index is 5.92. The predicted molar refractivity (Wildman–Crippen MR) is 69.6 cm³/mol. The van der Waals surface area contributed by atoms with E-state index in [0.29, 0.717) is 6.04 Å². The molecule has 17 heavy (non-hydrogen) atoms. The molecule has 1 unspecified atom stereocenters. The Morgan fingerprint density at radius 1 is 1.41 bits per heavy atom. The summed E-state index contributed by atoms with van der Waals surface area (Å²) in [7, 11) is 0. The van der Waals surface area contributed by atoms with E-state index in [1.807, 2.05) is 12.3 Å². The molecule has 1 aliphatic rings. The zero-order valence-electron chi connectivity index (χ0n) is 10.1. The number of nitrogens with one attached hydrogen (secondary N) is 2. The first-order valence-corrected chi connectivity index (χ1v) is 6.27. The van der Waals surface area contributed by atoms with Crippen LogP contribution in [0.25, 0.3) is 10.9 Å². The molecular formula is C14H18N2O. The molecule has 0 bridgehead atoms. The molecule has 2 N–H and O–H groups in total. The molecule has 0 aliphatic carbocycles. The maximum absolute atomic E-state index is 5.92. The summed E-state index contributed by atoms with van der Waals surface area (Å²) in [6, 6.07) is 6.73. The average molecular weight is 230 g/mol. The molecule has 1 atom stereocenters. The summed E-state index contributed by atoms with van der Waals surface area (Å²) in [5, 5.41) is 4.70. The molecule has 1 saturated heterocycles. The van der Waals surface area contributed by atoms with Gasteiger partial charge in [-0.3, -0.25) is 0 Å². The molecule has 0 radical (unpaired) electrons. The van der Waals surface area contributed by atoms with E-state index in [1.54, 1.807) is 0 Å². The van der Waals surface area contributed by atoms with Gasteiger partial charge in [0.15, 0.2) is 0 Å². The molecule has 1 aromatic heterocycles. The number of aromatic amines is 1. The third kappa shape index (κ3) is 2.03. The van der Waals surface area contributed by atoms with Crippen LogP contribution in [0.3, 0.4) is 0 Å². The van der Waals surface area contributed by atoms with Crippen LogP contribution in [-0.2, 0) is 0 Å². The molecule has 3 rings (SSSR count). The zero-order chi connectivity index (χ0) is 11.7. The number of ether oxygens (including phenoxy) is 1. The van der Waals surface area contributed by atoms with Crippen molar-refractivity contribution in [2.75, 3.05) is 13.2 Å². The minimum Gasteiger partial charge on any atom is -0.490 e. The van der Waals surface area contributed by atoms with E-state index in [4.69, 9.17) is 4.74 Å². The van der Waals surface area contributed by atoms with Crippen LogP contribution in [0, 0.1) is 6.92 Å². The molecule has 1 aromatic carbocycles. The standard InChI is InChI=1S/C14H18N2O/c1-10-8-16-14-12(10)5-2-6-13(14)17-9-11-4-3-7-15-11/h2,5-6,8,11,15-16H,3-4,7,9H2,1H3.